The molecule has 388 valence electrons. The van der Waals surface area contributed by atoms with Crippen molar-refractivity contribution in [1.29, 1.82) is 0 Å². The minimum atomic E-state index is -1.10. The van der Waals surface area contributed by atoms with Gasteiger partial charge in [-0.3, -0.25) is 9.80 Å². The normalized spacial score (nSPS) is 28.6. The van der Waals surface area contributed by atoms with E-state index in [-0.39, 0.29) is 12.1 Å². The van der Waals surface area contributed by atoms with Gasteiger partial charge in [-0.25, -0.2) is 9.97 Å². The first-order chi connectivity index (χ1) is 35.2. The first-order valence-corrected chi connectivity index (χ1v) is 25.8. The number of aromatic nitrogens is 14. The summed E-state index contributed by atoms with van der Waals surface area (Å²) in [7, 11) is 0. The smallest absolute Gasteiger partial charge is 0.226 e. The number of rotatable bonds is 18. The third-order valence-corrected chi connectivity index (χ3v) is 15.3. The summed E-state index contributed by atoms with van der Waals surface area (Å²) in [6.07, 6.45) is 7.86. The van der Waals surface area contributed by atoms with Crippen LogP contribution in [0.5, 0.6) is 0 Å². The van der Waals surface area contributed by atoms with Crippen molar-refractivity contribution in [3.63, 3.8) is 0 Å². The van der Waals surface area contributed by atoms with E-state index in [1.807, 2.05) is 23.0 Å². The molecule has 11 rings (SSSR count). The molecule has 6 aromatic heterocycles. The van der Waals surface area contributed by atoms with E-state index in [1.54, 1.807) is 25.0 Å². The molecule has 0 spiro atoms. The van der Waals surface area contributed by atoms with Gasteiger partial charge in [-0.05, 0) is 51.4 Å². The Kier molecular flexibility index (Phi) is 14.4. The summed E-state index contributed by atoms with van der Waals surface area (Å²) in [5.41, 5.74) is 3.90. The molecular formula is C46H68N20O6. The molecule has 6 aromatic rings. The summed E-state index contributed by atoms with van der Waals surface area (Å²) in [5.74, 6) is 2.09. The van der Waals surface area contributed by atoms with Crippen molar-refractivity contribution in [3.8, 4) is 0 Å². The van der Waals surface area contributed by atoms with Gasteiger partial charge in [-0.2, -0.15) is 49.9 Å². The molecule has 2 aliphatic heterocycles. The second-order valence-corrected chi connectivity index (χ2v) is 19.8. The fourth-order valence-electron chi connectivity index (χ4n) is 11.0. The first kappa shape index (κ1) is 48.5. The lowest BCUT2D eigenvalue weighted by molar-refractivity contribution is 0.00497. The van der Waals surface area contributed by atoms with Crippen molar-refractivity contribution in [2.45, 2.75) is 126 Å². The molecule has 5 aliphatic rings. The van der Waals surface area contributed by atoms with E-state index in [9.17, 15) is 20.4 Å². The molecule has 2 saturated heterocycles. The highest BCUT2D eigenvalue weighted by Gasteiger charge is 2.47. The molecule has 8 heterocycles. The van der Waals surface area contributed by atoms with Gasteiger partial charge in [0, 0.05) is 64.4 Å². The third-order valence-electron chi connectivity index (χ3n) is 15.3. The standard InChI is InChI=1S/C46H68N20O6/c1-3-27-23-51-65(59-27)33-21-31(37(67)39(33)69)63-25-49-35-41(55-45(57-43(35)63)47-9-11-61-13-17-71-18-14-61)53-29-5-7-30(8-6-29)54-42-36-44(58-46(56-42)48-10-12-62-15-19-72-20-16-62)64(26-50-36)32-22-34(40(70)38(32)68)66-52-24-28(4-2)60-66/h23-26,29-34,37-40,67-70H,3-22H2,1-2H3,(H2,47,53,55,57)(H2,48,54,56,58)/t29-,30-,31-,32-,33+,34+,37+,38+,39-,40-/m1/s1. The summed E-state index contributed by atoms with van der Waals surface area (Å²) in [6.45, 7) is 13.2. The highest BCUT2D eigenvalue weighted by Crippen LogP contribution is 2.42. The van der Waals surface area contributed by atoms with E-state index >= 15 is 0 Å². The Morgan fingerprint density at radius 3 is 1.35 bits per heavy atom. The van der Waals surface area contributed by atoms with Crippen molar-refractivity contribution >= 4 is 45.9 Å². The second-order valence-electron chi connectivity index (χ2n) is 19.8. The third kappa shape index (κ3) is 10.0. The van der Waals surface area contributed by atoms with Gasteiger partial charge in [0.25, 0.3) is 0 Å². The average molecular weight is 997 g/mol. The predicted octanol–water partition coefficient (Wildman–Crippen LogP) is 0.413. The van der Waals surface area contributed by atoms with Crippen LogP contribution in [0.1, 0.15) is 87.9 Å². The molecule has 3 aliphatic carbocycles. The lowest BCUT2D eigenvalue weighted by Crippen LogP contribution is -2.39. The number of aliphatic hydroxyl groups is 4. The summed E-state index contributed by atoms with van der Waals surface area (Å²) >= 11 is 0. The van der Waals surface area contributed by atoms with Gasteiger partial charge in [0.05, 0.1) is 74.9 Å². The van der Waals surface area contributed by atoms with Crippen LogP contribution in [0.4, 0.5) is 23.5 Å². The number of imidazole rings is 2. The second kappa shape index (κ2) is 21.4. The molecule has 26 heteroatoms. The molecule has 26 nitrogen and oxygen atoms in total. The van der Waals surface area contributed by atoms with Crippen molar-refractivity contribution in [2.24, 2.45) is 0 Å². The topological polar surface area (TPSA) is 303 Å². The largest absolute Gasteiger partial charge is 0.388 e. The van der Waals surface area contributed by atoms with E-state index in [0.717, 1.165) is 76.3 Å². The Hall–Kier alpha value is -5.74. The van der Waals surface area contributed by atoms with E-state index in [2.05, 4.69) is 51.5 Å². The van der Waals surface area contributed by atoms with Gasteiger partial charge in [-0.15, -0.1) is 0 Å². The zero-order valence-electron chi connectivity index (χ0n) is 41.0. The van der Waals surface area contributed by atoms with Crippen LogP contribution < -0.4 is 21.3 Å². The Morgan fingerprint density at radius 2 is 0.958 bits per heavy atom. The Morgan fingerprint density at radius 1 is 0.556 bits per heavy atom. The molecule has 8 N–H and O–H groups in total. The van der Waals surface area contributed by atoms with E-state index in [1.165, 1.54) is 9.59 Å². The molecule has 0 unspecified atom stereocenters. The van der Waals surface area contributed by atoms with Crippen LogP contribution >= 0.6 is 0 Å². The van der Waals surface area contributed by atoms with E-state index in [0.29, 0.717) is 111 Å². The highest BCUT2D eigenvalue weighted by molar-refractivity contribution is 5.85. The lowest BCUT2D eigenvalue weighted by atomic mass is 9.91. The van der Waals surface area contributed by atoms with Crippen LogP contribution in [0.15, 0.2) is 25.0 Å². The fourth-order valence-corrected chi connectivity index (χ4v) is 11.0. The van der Waals surface area contributed by atoms with Crippen LogP contribution in [0.25, 0.3) is 22.3 Å². The molecule has 0 aromatic carbocycles. The van der Waals surface area contributed by atoms with E-state index < -0.39 is 48.6 Å². The number of hydrogen-bond acceptors (Lipinski definition) is 22. The SMILES string of the molecule is CCc1cnn([C@H]2C[C@@H](n3cnc4c(N[C@H]5CC[C@H](Nc6nc(NCCN7CCOCC7)nc7c6ncn7[C@@H]6C[C@H](n7ncc(CC)n7)[C@@H](O)[C@H]6O)CC5)nc(NCCN5CCOCC5)nc43)[C@H](O)[C@@H]2O)n1. The van der Waals surface area contributed by atoms with Gasteiger partial charge in [0.15, 0.2) is 34.0 Å². The molecular weight excluding hydrogens is 929 g/mol. The monoisotopic (exact) mass is 997 g/mol. The number of fused-ring (bicyclic) bond motifs is 2. The van der Waals surface area contributed by atoms with Gasteiger partial charge >= 0.3 is 0 Å². The van der Waals surface area contributed by atoms with Gasteiger partial charge in [0.1, 0.15) is 36.5 Å². The minimum Gasteiger partial charge on any atom is -0.388 e. The molecule has 0 amide bonds. The van der Waals surface area contributed by atoms with Crippen LogP contribution in [-0.2, 0) is 22.3 Å². The Bertz CT molecular complexity index is 2560. The minimum absolute atomic E-state index is 0.0670. The van der Waals surface area contributed by atoms with Crippen LogP contribution in [0.3, 0.4) is 0 Å². The highest BCUT2D eigenvalue weighted by atomic mass is 16.5. The first-order valence-electron chi connectivity index (χ1n) is 25.8. The maximum Gasteiger partial charge on any atom is 0.226 e. The number of aryl methyl sites for hydroxylation is 2. The molecule has 5 fully saturated rings. The Balaban J connectivity index is 0.811. The fraction of sp³-hybridized carbons (Fsp3) is 0.696. The van der Waals surface area contributed by atoms with Crippen molar-refractivity contribution in [1.82, 2.24) is 78.8 Å². The zero-order valence-corrected chi connectivity index (χ0v) is 41.0. The maximum absolute atomic E-state index is 11.5. The predicted molar refractivity (Wildman–Crippen MR) is 264 cm³/mol. The lowest BCUT2D eigenvalue weighted by Gasteiger charge is -2.30. The molecule has 0 bridgehead atoms. The van der Waals surface area contributed by atoms with E-state index in [4.69, 9.17) is 39.4 Å². The maximum atomic E-state index is 11.5. The van der Waals surface area contributed by atoms with Crippen LogP contribution in [0, 0.1) is 0 Å². The summed E-state index contributed by atoms with van der Waals surface area (Å²) < 4.78 is 14.8. The van der Waals surface area contributed by atoms with Crippen molar-refractivity contribution in [3.05, 3.63) is 36.4 Å². The number of nitrogens with one attached hydrogen (secondary N) is 4. The Labute approximate surface area is 415 Å². The number of aliphatic hydroxyl groups excluding tert-OH is 4. The van der Waals surface area contributed by atoms with Crippen LogP contribution in [-0.4, -0.2) is 215 Å². The average Bonchev–Trinajstić information content (AvgIpc) is 4.29. The number of anilines is 4. The molecule has 8 atom stereocenters. The number of nitrogens with zero attached hydrogens (tertiary/aromatic N) is 16. The number of ether oxygens (including phenoxy) is 2. The quantitative estimate of drug-likeness (QED) is 0.0579. The van der Waals surface area contributed by atoms with Gasteiger partial charge < -0.3 is 60.3 Å². The molecule has 72 heavy (non-hydrogen) atoms. The summed E-state index contributed by atoms with van der Waals surface area (Å²) in [5, 5.41) is 77.8. The van der Waals surface area contributed by atoms with Crippen molar-refractivity contribution < 1.29 is 29.9 Å². The number of morpholine rings is 2. The summed E-state index contributed by atoms with van der Waals surface area (Å²) in [4.78, 5) is 37.3. The van der Waals surface area contributed by atoms with Crippen LogP contribution in [0.2, 0.25) is 0 Å². The summed E-state index contributed by atoms with van der Waals surface area (Å²) in [6, 6.07) is -1.96. The van der Waals surface area contributed by atoms with Crippen molar-refractivity contribution in [2.75, 3.05) is 100 Å². The molecule has 0 radical (unpaired) electrons. The van der Waals surface area contributed by atoms with Gasteiger partial charge in [-0.1, -0.05) is 13.8 Å². The zero-order chi connectivity index (χ0) is 49.3. The molecule has 3 saturated carbocycles. The van der Waals surface area contributed by atoms with Gasteiger partial charge in [0.2, 0.25) is 11.9 Å². The number of hydrogen-bond donors (Lipinski definition) is 8.